The summed E-state index contributed by atoms with van der Waals surface area (Å²) in [7, 11) is 0. The molecule has 3 atom stereocenters. The fraction of sp³-hybridized carbons (Fsp3) is 0.391. The Bertz CT molecular complexity index is 909. The van der Waals surface area contributed by atoms with Gasteiger partial charge in [-0.3, -0.25) is 0 Å². The van der Waals surface area contributed by atoms with Crippen molar-refractivity contribution >= 4 is 22.3 Å². The van der Waals surface area contributed by atoms with Crippen molar-refractivity contribution in [3.63, 3.8) is 0 Å². The van der Waals surface area contributed by atoms with Crippen LogP contribution in [-0.2, 0) is 6.42 Å². The molecule has 4 nitrogen and oxygen atoms in total. The molecule has 3 aromatic rings. The molecule has 0 radical (unpaired) electrons. The van der Waals surface area contributed by atoms with Crippen molar-refractivity contribution in [2.45, 2.75) is 38.1 Å². The molecule has 1 saturated heterocycles. The molecule has 1 aliphatic heterocycles. The first-order valence-corrected chi connectivity index (χ1v) is 11.1. The molecule has 1 aromatic carbocycles. The summed E-state index contributed by atoms with van der Waals surface area (Å²) in [5.74, 6) is 2.53. The van der Waals surface area contributed by atoms with E-state index in [4.69, 9.17) is 4.98 Å². The first kappa shape index (κ1) is 17.8. The van der Waals surface area contributed by atoms with E-state index in [0.29, 0.717) is 0 Å². The standard InChI is InChI=1S/C23H26N4S/c1-2-6-17(7-3-1)21-15-25-23(28-21)27-22-10-4-9-19(26-22)13-16-12-18-8-5-11-24-20(18)14-16/h1-4,6-7,9-10,15-16,18,20,24H,5,8,11-14H2,(H,25,26,27). The molecule has 5 heteroatoms. The van der Waals surface area contributed by atoms with E-state index in [-0.39, 0.29) is 0 Å². The Hall–Kier alpha value is -2.24. The summed E-state index contributed by atoms with van der Waals surface area (Å²) in [5, 5.41) is 8.00. The van der Waals surface area contributed by atoms with E-state index in [1.54, 1.807) is 11.3 Å². The van der Waals surface area contributed by atoms with Gasteiger partial charge >= 0.3 is 0 Å². The maximum Gasteiger partial charge on any atom is 0.188 e. The molecule has 28 heavy (non-hydrogen) atoms. The molecule has 0 amide bonds. The number of anilines is 2. The highest BCUT2D eigenvalue weighted by Crippen LogP contribution is 2.38. The Balaban J connectivity index is 1.24. The maximum absolute atomic E-state index is 4.87. The lowest BCUT2D eigenvalue weighted by Crippen LogP contribution is -2.37. The van der Waals surface area contributed by atoms with Gasteiger partial charge in [-0.1, -0.05) is 47.7 Å². The number of hydrogen-bond acceptors (Lipinski definition) is 5. The lowest BCUT2D eigenvalue weighted by molar-refractivity contribution is 0.318. The summed E-state index contributed by atoms with van der Waals surface area (Å²) in [6.07, 6.45) is 8.40. The summed E-state index contributed by atoms with van der Waals surface area (Å²) in [4.78, 5) is 10.6. The highest BCUT2D eigenvalue weighted by atomic mass is 32.1. The van der Waals surface area contributed by atoms with E-state index < -0.39 is 0 Å². The topological polar surface area (TPSA) is 49.8 Å². The van der Waals surface area contributed by atoms with E-state index in [1.165, 1.54) is 48.4 Å². The van der Waals surface area contributed by atoms with Gasteiger partial charge < -0.3 is 10.6 Å². The van der Waals surface area contributed by atoms with Crippen LogP contribution in [0.4, 0.5) is 10.9 Å². The summed E-state index contributed by atoms with van der Waals surface area (Å²) in [6.45, 7) is 1.20. The molecule has 2 aliphatic rings. The third-order valence-electron chi connectivity index (χ3n) is 6.05. The normalized spacial score (nSPS) is 24.1. The fourth-order valence-electron chi connectivity index (χ4n) is 4.76. The van der Waals surface area contributed by atoms with Gasteiger partial charge in [-0.05, 0) is 68.2 Å². The zero-order valence-electron chi connectivity index (χ0n) is 16.0. The maximum atomic E-state index is 4.87. The molecule has 0 spiro atoms. The number of hydrogen-bond donors (Lipinski definition) is 2. The molecule has 1 saturated carbocycles. The van der Waals surface area contributed by atoms with Gasteiger partial charge in [0.05, 0.1) is 4.88 Å². The van der Waals surface area contributed by atoms with Crippen LogP contribution >= 0.6 is 11.3 Å². The lowest BCUT2D eigenvalue weighted by atomic mass is 9.93. The predicted molar refractivity (Wildman–Crippen MR) is 116 cm³/mol. The van der Waals surface area contributed by atoms with Crippen LogP contribution in [0.5, 0.6) is 0 Å². The minimum atomic E-state index is 0.742. The summed E-state index contributed by atoms with van der Waals surface area (Å²) in [6, 6.07) is 17.4. The van der Waals surface area contributed by atoms with Crippen molar-refractivity contribution < 1.29 is 0 Å². The number of pyridine rings is 1. The third kappa shape index (κ3) is 3.96. The molecule has 0 bridgehead atoms. The number of piperidine rings is 1. The lowest BCUT2D eigenvalue weighted by Gasteiger charge is -2.26. The van der Waals surface area contributed by atoms with Gasteiger partial charge in [0.1, 0.15) is 5.82 Å². The molecule has 2 aromatic heterocycles. The zero-order chi connectivity index (χ0) is 18.8. The first-order chi connectivity index (χ1) is 13.8. The molecular formula is C23H26N4S. The van der Waals surface area contributed by atoms with Crippen molar-refractivity contribution in [1.29, 1.82) is 0 Å². The second-order valence-corrected chi connectivity index (χ2v) is 9.07. The quantitative estimate of drug-likeness (QED) is 0.623. The highest BCUT2D eigenvalue weighted by molar-refractivity contribution is 7.18. The van der Waals surface area contributed by atoms with E-state index >= 15 is 0 Å². The third-order valence-corrected chi connectivity index (χ3v) is 7.02. The van der Waals surface area contributed by atoms with E-state index in [9.17, 15) is 0 Å². The van der Waals surface area contributed by atoms with Crippen LogP contribution in [0.25, 0.3) is 10.4 Å². The van der Waals surface area contributed by atoms with Crippen LogP contribution < -0.4 is 10.6 Å². The van der Waals surface area contributed by atoms with E-state index in [1.807, 2.05) is 18.3 Å². The van der Waals surface area contributed by atoms with Gasteiger partial charge in [-0.2, -0.15) is 0 Å². The molecule has 5 rings (SSSR count). The number of aromatic nitrogens is 2. The number of benzene rings is 1. The van der Waals surface area contributed by atoms with Crippen molar-refractivity contribution in [2.24, 2.45) is 11.8 Å². The minimum absolute atomic E-state index is 0.742. The number of fused-ring (bicyclic) bond motifs is 1. The number of rotatable bonds is 5. The Morgan fingerprint density at radius 1 is 1.07 bits per heavy atom. The van der Waals surface area contributed by atoms with Gasteiger partial charge in [0.2, 0.25) is 0 Å². The Morgan fingerprint density at radius 3 is 2.89 bits per heavy atom. The van der Waals surface area contributed by atoms with Crippen LogP contribution in [0.1, 0.15) is 31.4 Å². The van der Waals surface area contributed by atoms with Crippen LogP contribution in [0.15, 0.2) is 54.7 Å². The summed E-state index contributed by atoms with van der Waals surface area (Å²) in [5.41, 5.74) is 2.39. The number of nitrogens with one attached hydrogen (secondary N) is 2. The largest absolute Gasteiger partial charge is 0.316 e. The minimum Gasteiger partial charge on any atom is -0.316 e. The Labute approximate surface area is 170 Å². The molecule has 2 fully saturated rings. The second-order valence-electron chi connectivity index (χ2n) is 8.04. The number of nitrogens with zero attached hydrogens (tertiary/aromatic N) is 2. The molecule has 3 heterocycles. The van der Waals surface area contributed by atoms with Crippen molar-refractivity contribution in [3.05, 3.63) is 60.4 Å². The summed E-state index contributed by atoms with van der Waals surface area (Å²) < 4.78 is 0. The van der Waals surface area contributed by atoms with Gasteiger partial charge in [0.15, 0.2) is 5.13 Å². The molecule has 1 aliphatic carbocycles. The van der Waals surface area contributed by atoms with Crippen molar-refractivity contribution in [1.82, 2.24) is 15.3 Å². The van der Waals surface area contributed by atoms with Crippen LogP contribution in [0.2, 0.25) is 0 Å². The van der Waals surface area contributed by atoms with E-state index in [2.05, 4.69) is 52.0 Å². The van der Waals surface area contributed by atoms with Crippen LogP contribution in [0.3, 0.4) is 0 Å². The number of thiazole rings is 1. The Morgan fingerprint density at radius 2 is 2.00 bits per heavy atom. The van der Waals surface area contributed by atoms with Crippen LogP contribution in [-0.4, -0.2) is 22.6 Å². The Kier molecular flexibility index (Phi) is 5.10. The molecule has 3 unspecified atom stereocenters. The SMILES string of the molecule is c1ccc(-c2cnc(Nc3cccc(CC4CC5CCCNC5C4)n3)s2)cc1. The summed E-state index contributed by atoms with van der Waals surface area (Å²) >= 11 is 1.66. The van der Waals surface area contributed by atoms with Gasteiger partial charge in [0.25, 0.3) is 0 Å². The van der Waals surface area contributed by atoms with Crippen LogP contribution in [0, 0.1) is 11.8 Å². The van der Waals surface area contributed by atoms with E-state index in [0.717, 1.165) is 35.2 Å². The average molecular weight is 391 g/mol. The predicted octanol–water partition coefficient (Wildman–Crippen LogP) is 5.27. The smallest absolute Gasteiger partial charge is 0.188 e. The highest BCUT2D eigenvalue weighted by Gasteiger charge is 2.35. The van der Waals surface area contributed by atoms with Gasteiger partial charge in [-0.15, -0.1) is 0 Å². The first-order valence-electron chi connectivity index (χ1n) is 10.3. The second kappa shape index (κ2) is 8.02. The molecular weight excluding hydrogens is 364 g/mol. The van der Waals surface area contributed by atoms with Gasteiger partial charge in [0, 0.05) is 17.9 Å². The van der Waals surface area contributed by atoms with Gasteiger partial charge in [-0.25, -0.2) is 9.97 Å². The molecule has 2 N–H and O–H groups in total. The van der Waals surface area contributed by atoms with Crippen molar-refractivity contribution in [3.8, 4) is 10.4 Å². The molecule has 144 valence electrons. The fourth-order valence-corrected chi connectivity index (χ4v) is 5.59. The van der Waals surface area contributed by atoms with Crippen molar-refractivity contribution in [2.75, 3.05) is 11.9 Å². The average Bonchev–Trinajstić information content (AvgIpc) is 3.35. The monoisotopic (exact) mass is 390 g/mol. The zero-order valence-corrected chi connectivity index (χ0v) is 16.8.